The monoisotopic (exact) mass is 207 g/mol. The maximum atomic E-state index is 5.87. The molecule has 0 saturated carbocycles. The first kappa shape index (κ1) is 10.5. The number of nitrogens with two attached hydrogens (primary N) is 1. The Balaban J connectivity index is 2.15. The predicted octanol–water partition coefficient (Wildman–Crippen LogP) is 1.62. The van der Waals surface area contributed by atoms with Gasteiger partial charge in [0.15, 0.2) is 0 Å². The smallest absolute Gasteiger partial charge is 0.124 e. The van der Waals surface area contributed by atoms with Gasteiger partial charge in [-0.2, -0.15) is 0 Å². The summed E-state index contributed by atoms with van der Waals surface area (Å²) < 4.78 is 11.1. The molecule has 1 aliphatic heterocycles. The lowest BCUT2D eigenvalue weighted by Crippen LogP contribution is -2.17. The van der Waals surface area contributed by atoms with E-state index < -0.39 is 0 Å². The van der Waals surface area contributed by atoms with Crippen molar-refractivity contribution in [2.75, 3.05) is 13.2 Å². The van der Waals surface area contributed by atoms with Gasteiger partial charge in [0.2, 0.25) is 0 Å². The van der Waals surface area contributed by atoms with Crippen molar-refractivity contribution in [1.82, 2.24) is 0 Å². The highest BCUT2D eigenvalue weighted by molar-refractivity contribution is 5.39. The van der Waals surface area contributed by atoms with Gasteiger partial charge in [-0.1, -0.05) is 12.1 Å². The number of hydrogen-bond acceptors (Lipinski definition) is 3. The summed E-state index contributed by atoms with van der Waals surface area (Å²) in [7, 11) is 0. The van der Waals surface area contributed by atoms with E-state index in [1.165, 1.54) is 5.56 Å². The molecule has 3 nitrogen and oxygen atoms in total. The van der Waals surface area contributed by atoms with E-state index in [0.717, 1.165) is 24.3 Å². The number of aryl methyl sites for hydroxylation is 1. The Bertz CT molecular complexity index is 332. The van der Waals surface area contributed by atoms with Crippen LogP contribution in [0.2, 0.25) is 0 Å². The largest absolute Gasteiger partial charge is 0.488 e. The minimum atomic E-state index is 0.192. The molecule has 1 fully saturated rings. The molecular formula is C12H17NO2. The molecule has 1 saturated heterocycles. The Morgan fingerprint density at radius 2 is 2.40 bits per heavy atom. The van der Waals surface area contributed by atoms with Crippen LogP contribution in [-0.4, -0.2) is 19.3 Å². The second kappa shape index (κ2) is 4.64. The normalized spacial score (nSPS) is 20.5. The van der Waals surface area contributed by atoms with Crippen LogP contribution in [-0.2, 0) is 11.3 Å². The second-order valence-electron chi connectivity index (χ2n) is 3.86. The number of hydrogen-bond donors (Lipinski definition) is 1. The van der Waals surface area contributed by atoms with Gasteiger partial charge in [0.05, 0.1) is 13.2 Å². The van der Waals surface area contributed by atoms with Crippen LogP contribution in [0.25, 0.3) is 0 Å². The van der Waals surface area contributed by atoms with Crippen molar-refractivity contribution in [2.24, 2.45) is 5.73 Å². The first-order valence-electron chi connectivity index (χ1n) is 5.34. The highest BCUT2D eigenvalue weighted by Crippen LogP contribution is 2.24. The molecule has 82 valence electrons. The SMILES string of the molecule is Cc1cccc(OC2CCOC2)c1CN. The lowest BCUT2D eigenvalue weighted by molar-refractivity contribution is 0.140. The predicted molar refractivity (Wildman–Crippen MR) is 58.9 cm³/mol. The van der Waals surface area contributed by atoms with Crippen molar-refractivity contribution >= 4 is 0 Å². The molecule has 1 atom stereocenters. The van der Waals surface area contributed by atoms with Crippen LogP contribution in [0, 0.1) is 6.92 Å². The van der Waals surface area contributed by atoms with Crippen LogP contribution in [0.5, 0.6) is 5.75 Å². The van der Waals surface area contributed by atoms with E-state index in [0.29, 0.717) is 13.2 Å². The van der Waals surface area contributed by atoms with E-state index >= 15 is 0 Å². The molecule has 0 aliphatic carbocycles. The number of ether oxygens (including phenoxy) is 2. The summed E-state index contributed by atoms with van der Waals surface area (Å²) >= 11 is 0. The van der Waals surface area contributed by atoms with Gasteiger partial charge in [0.25, 0.3) is 0 Å². The molecule has 1 aromatic rings. The van der Waals surface area contributed by atoms with Crippen molar-refractivity contribution in [3.63, 3.8) is 0 Å². The zero-order chi connectivity index (χ0) is 10.7. The summed E-state index contributed by atoms with van der Waals surface area (Å²) in [5.41, 5.74) is 8.00. The molecule has 2 rings (SSSR count). The van der Waals surface area contributed by atoms with Gasteiger partial charge in [-0.05, 0) is 18.6 Å². The third-order valence-electron chi connectivity index (χ3n) is 2.75. The highest BCUT2D eigenvalue weighted by atomic mass is 16.5. The molecule has 0 radical (unpaired) electrons. The summed E-state index contributed by atoms with van der Waals surface area (Å²) in [6.45, 7) is 4.07. The summed E-state index contributed by atoms with van der Waals surface area (Å²) in [4.78, 5) is 0. The van der Waals surface area contributed by atoms with Crippen molar-refractivity contribution in [1.29, 1.82) is 0 Å². The van der Waals surface area contributed by atoms with Gasteiger partial charge in [0.1, 0.15) is 11.9 Å². The van der Waals surface area contributed by atoms with Gasteiger partial charge in [-0.25, -0.2) is 0 Å². The summed E-state index contributed by atoms with van der Waals surface area (Å²) in [6, 6.07) is 6.04. The van der Waals surface area contributed by atoms with E-state index in [4.69, 9.17) is 15.2 Å². The first-order chi connectivity index (χ1) is 7.31. The molecule has 0 aromatic heterocycles. The first-order valence-corrected chi connectivity index (χ1v) is 5.34. The molecule has 2 N–H and O–H groups in total. The summed E-state index contributed by atoms with van der Waals surface area (Å²) in [5, 5.41) is 0. The average Bonchev–Trinajstić information content (AvgIpc) is 2.71. The third kappa shape index (κ3) is 2.30. The summed E-state index contributed by atoms with van der Waals surface area (Å²) in [5.74, 6) is 0.910. The Morgan fingerprint density at radius 1 is 1.53 bits per heavy atom. The standard InChI is InChI=1S/C12H17NO2/c1-9-3-2-4-12(11(9)7-13)15-10-5-6-14-8-10/h2-4,10H,5-8,13H2,1H3. The second-order valence-corrected chi connectivity index (χ2v) is 3.86. The van der Waals surface area contributed by atoms with Crippen molar-refractivity contribution in [3.05, 3.63) is 29.3 Å². The minimum Gasteiger partial charge on any atom is -0.488 e. The van der Waals surface area contributed by atoms with E-state index in [2.05, 4.69) is 13.0 Å². The number of rotatable bonds is 3. The van der Waals surface area contributed by atoms with Gasteiger partial charge in [-0.15, -0.1) is 0 Å². The molecule has 0 bridgehead atoms. The van der Waals surface area contributed by atoms with Crippen molar-refractivity contribution in [2.45, 2.75) is 26.0 Å². The lowest BCUT2D eigenvalue weighted by atomic mass is 10.1. The Morgan fingerprint density at radius 3 is 3.07 bits per heavy atom. The van der Waals surface area contributed by atoms with Crippen LogP contribution in [0.1, 0.15) is 17.5 Å². The quantitative estimate of drug-likeness (QED) is 0.819. The molecule has 1 aromatic carbocycles. The van der Waals surface area contributed by atoms with Gasteiger partial charge in [-0.3, -0.25) is 0 Å². The maximum Gasteiger partial charge on any atom is 0.124 e. The van der Waals surface area contributed by atoms with Crippen LogP contribution < -0.4 is 10.5 Å². The third-order valence-corrected chi connectivity index (χ3v) is 2.75. The molecule has 1 aliphatic rings. The van der Waals surface area contributed by atoms with Crippen LogP contribution >= 0.6 is 0 Å². The molecule has 15 heavy (non-hydrogen) atoms. The van der Waals surface area contributed by atoms with Gasteiger partial charge in [0, 0.05) is 18.5 Å². The fourth-order valence-electron chi connectivity index (χ4n) is 1.83. The minimum absolute atomic E-state index is 0.192. The summed E-state index contributed by atoms with van der Waals surface area (Å²) in [6.07, 6.45) is 1.16. The van der Waals surface area contributed by atoms with Gasteiger partial charge < -0.3 is 15.2 Å². The number of benzene rings is 1. The van der Waals surface area contributed by atoms with E-state index in [1.54, 1.807) is 0 Å². The molecular weight excluding hydrogens is 190 g/mol. The van der Waals surface area contributed by atoms with E-state index in [-0.39, 0.29) is 6.10 Å². The maximum absolute atomic E-state index is 5.87. The topological polar surface area (TPSA) is 44.5 Å². The van der Waals surface area contributed by atoms with E-state index in [9.17, 15) is 0 Å². The van der Waals surface area contributed by atoms with Crippen LogP contribution in [0.15, 0.2) is 18.2 Å². The Kier molecular flexibility index (Phi) is 3.23. The lowest BCUT2D eigenvalue weighted by Gasteiger charge is -2.16. The Hall–Kier alpha value is -1.06. The Labute approximate surface area is 90.2 Å². The molecule has 1 heterocycles. The van der Waals surface area contributed by atoms with Gasteiger partial charge >= 0.3 is 0 Å². The van der Waals surface area contributed by atoms with Crippen LogP contribution in [0.4, 0.5) is 0 Å². The zero-order valence-electron chi connectivity index (χ0n) is 9.03. The van der Waals surface area contributed by atoms with Crippen LogP contribution in [0.3, 0.4) is 0 Å². The molecule has 3 heteroatoms. The molecule has 1 unspecified atom stereocenters. The molecule has 0 amide bonds. The van der Waals surface area contributed by atoms with Crippen molar-refractivity contribution in [3.8, 4) is 5.75 Å². The fourth-order valence-corrected chi connectivity index (χ4v) is 1.83. The average molecular weight is 207 g/mol. The van der Waals surface area contributed by atoms with Crippen molar-refractivity contribution < 1.29 is 9.47 Å². The zero-order valence-corrected chi connectivity index (χ0v) is 9.03. The van der Waals surface area contributed by atoms with E-state index in [1.807, 2.05) is 12.1 Å². The highest BCUT2D eigenvalue weighted by Gasteiger charge is 2.18. The molecule has 0 spiro atoms. The fraction of sp³-hybridized carbons (Fsp3) is 0.500.